The zero-order valence-corrected chi connectivity index (χ0v) is 14.1. The summed E-state index contributed by atoms with van der Waals surface area (Å²) in [5, 5.41) is -0.0622. The highest BCUT2D eigenvalue weighted by Crippen LogP contribution is 2.22. The average molecular weight is 306 g/mol. The zero-order valence-electron chi connectivity index (χ0n) is 13.3. The quantitative estimate of drug-likeness (QED) is 0.348. The molecule has 0 aromatic rings. The molecule has 0 aliphatic heterocycles. The molecule has 0 aliphatic carbocycles. The third kappa shape index (κ3) is 10.5. The third-order valence-electron chi connectivity index (χ3n) is 3.20. The molecule has 2 unspecified atom stereocenters. The van der Waals surface area contributed by atoms with E-state index in [-0.39, 0.29) is 11.2 Å². The van der Waals surface area contributed by atoms with E-state index in [0.29, 0.717) is 19.4 Å². The topological polar surface area (TPSA) is 26.3 Å². The summed E-state index contributed by atoms with van der Waals surface area (Å²) < 4.78 is 18.4. The largest absolute Gasteiger partial charge is 0.465 e. The highest BCUT2D eigenvalue weighted by atomic mass is 32.2. The molecule has 120 valence electrons. The van der Waals surface area contributed by atoms with Crippen molar-refractivity contribution in [3.8, 4) is 0 Å². The fourth-order valence-corrected chi connectivity index (χ4v) is 3.03. The number of esters is 1. The summed E-state index contributed by atoms with van der Waals surface area (Å²) in [6.07, 6.45) is 6.45. The van der Waals surface area contributed by atoms with Crippen LogP contribution < -0.4 is 0 Å². The first-order valence-corrected chi connectivity index (χ1v) is 9.12. The van der Waals surface area contributed by atoms with Crippen LogP contribution in [0.2, 0.25) is 0 Å². The number of rotatable bonds is 13. The number of carbonyl (C=O) groups excluding carboxylic acids is 1. The predicted molar refractivity (Wildman–Crippen MR) is 86.1 cm³/mol. The molecule has 0 radical (unpaired) electrons. The van der Waals surface area contributed by atoms with Gasteiger partial charge in [0.2, 0.25) is 0 Å². The van der Waals surface area contributed by atoms with E-state index >= 15 is 0 Å². The highest BCUT2D eigenvalue weighted by molar-refractivity contribution is 8.00. The van der Waals surface area contributed by atoms with Crippen LogP contribution in [-0.2, 0) is 9.53 Å². The van der Waals surface area contributed by atoms with Gasteiger partial charge in [0.15, 0.2) is 0 Å². The molecule has 20 heavy (non-hydrogen) atoms. The number of ether oxygens (including phenoxy) is 1. The third-order valence-corrected chi connectivity index (χ3v) is 4.56. The van der Waals surface area contributed by atoms with Gasteiger partial charge in [0.1, 0.15) is 5.25 Å². The van der Waals surface area contributed by atoms with E-state index in [1.165, 1.54) is 0 Å². The number of alkyl halides is 1. The maximum Gasteiger partial charge on any atom is 0.319 e. The summed E-state index contributed by atoms with van der Waals surface area (Å²) in [5.41, 5.74) is 0. The summed E-state index contributed by atoms with van der Waals surface area (Å²) >= 11 is 1.64. The number of carbonyl (C=O) groups is 1. The van der Waals surface area contributed by atoms with E-state index < -0.39 is 6.17 Å². The lowest BCUT2D eigenvalue weighted by Crippen LogP contribution is -2.21. The lowest BCUT2D eigenvalue weighted by molar-refractivity contribution is -0.143. The smallest absolute Gasteiger partial charge is 0.319 e. The molecule has 0 rings (SSSR count). The van der Waals surface area contributed by atoms with Crippen LogP contribution in [0, 0.1) is 0 Å². The van der Waals surface area contributed by atoms with E-state index in [4.69, 9.17) is 4.74 Å². The molecule has 0 saturated carbocycles. The van der Waals surface area contributed by atoms with Crippen molar-refractivity contribution < 1.29 is 13.9 Å². The van der Waals surface area contributed by atoms with Gasteiger partial charge in [-0.2, -0.15) is 0 Å². The molecule has 2 atom stereocenters. The minimum Gasteiger partial charge on any atom is -0.465 e. The minimum atomic E-state index is -0.693. The van der Waals surface area contributed by atoms with Gasteiger partial charge in [0.05, 0.1) is 12.8 Å². The van der Waals surface area contributed by atoms with Crippen LogP contribution in [-0.4, -0.2) is 29.8 Å². The SMILES string of the molecule is CCCCCC(SCCCC(F)CC)C(=O)OCCC. The van der Waals surface area contributed by atoms with Gasteiger partial charge >= 0.3 is 5.97 Å². The molecule has 0 aromatic heterocycles. The fourth-order valence-electron chi connectivity index (χ4n) is 1.88. The predicted octanol–water partition coefficient (Wildman–Crippen LogP) is 5.15. The molecule has 0 aromatic carbocycles. The van der Waals surface area contributed by atoms with Gasteiger partial charge in [0.25, 0.3) is 0 Å². The fraction of sp³-hybridized carbons (Fsp3) is 0.938. The lowest BCUT2D eigenvalue weighted by atomic mass is 10.1. The average Bonchev–Trinajstić information content (AvgIpc) is 2.46. The Morgan fingerprint density at radius 2 is 1.85 bits per heavy atom. The Bertz CT molecular complexity index is 237. The molecule has 0 N–H and O–H groups in total. The molecular formula is C16H31FO2S. The van der Waals surface area contributed by atoms with Crippen LogP contribution in [0.1, 0.15) is 72.1 Å². The van der Waals surface area contributed by atoms with Crippen molar-refractivity contribution in [1.82, 2.24) is 0 Å². The van der Waals surface area contributed by atoms with Gasteiger partial charge in [-0.15, -0.1) is 11.8 Å². The number of thioether (sulfide) groups is 1. The molecule has 2 nitrogen and oxygen atoms in total. The highest BCUT2D eigenvalue weighted by Gasteiger charge is 2.19. The van der Waals surface area contributed by atoms with Crippen molar-refractivity contribution in [3.05, 3.63) is 0 Å². The minimum absolute atomic E-state index is 0.0622. The van der Waals surface area contributed by atoms with E-state index in [1.807, 2.05) is 13.8 Å². The maximum absolute atomic E-state index is 13.1. The van der Waals surface area contributed by atoms with Crippen LogP contribution >= 0.6 is 11.8 Å². The molecular weight excluding hydrogens is 275 g/mol. The van der Waals surface area contributed by atoms with Crippen molar-refractivity contribution in [3.63, 3.8) is 0 Å². The van der Waals surface area contributed by atoms with Crippen LogP contribution in [0.15, 0.2) is 0 Å². The molecule has 0 fully saturated rings. The Balaban J connectivity index is 3.99. The Hall–Kier alpha value is -0.250. The molecule has 0 heterocycles. The van der Waals surface area contributed by atoms with E-state index in [2.05, 4.69) is 6.92 Å². The second kappa shape index (κ2) is 13.7. The van der Waals surface area contributed by atoms with Crippen molar-refractivity contribution in [2.45, 2.75) is 83.6 Å². The van der Waals surface area contributed by atoms with Crippen molar-refractivity contribution in [2.75, 3.05) is 12.4 Å². The Morgan fingerprint density at radius 1 is 1.10 bits per heavy atom. The number of hydrogen-bond donors (Lipinski definition) is 0. The molecule has 4 heteroatoms. The van der Waals surface area contributed by atoms with Crippen molar-refractivity contribution in [1.29, 1.82) is 0 Å². The van der Waals surface area contributed by atoms with E-state index in [9.17, 15) is 9.18 Å². The Morgan fingerprint density at radius 3 is 2.45 bits per heavy atom. The first-order chi connectivity index (χ1) is 9.65. The zero-order chi connectivity index (χ0) is 15.2. The second-order valence-corrected chi connectivity index (χ2v) is 6.48. The van der Waals surface area contributed by atoms with Gasteiger partial charge in [-0.1, -0.05) is 40.0 Å². The van der Waals surface area contributed by atoms with Gasteiger partial charge in [0, 0.05) is 0 Å². The Labute approximate surface area is 128 Å². The van der Waals surface area contributed by atoms with Crippen LogP contribution in [0.25, 0.3) is 0 Å². The van der Waals surface area contributed by atoms with Gasteiger partial charge in [-0.3, -0.25) is 4.79 Å². The van der Waals surface area contributed by atoms with Crippen molar-refractivity contribution >= 4 is 17.7 Å². The summed E-state index contributed by atoms with van der Waals surface area (Å²) in [6.45, 7) is 6.53. The standard InChI is InChI=1S/C16H31FO2S/c1-4-7-8-11-15(16(18)19-12-5-2)20-13-9-10-14(17)6-3/h14-15H,4-13H2,1-3H3. The second-order valence-electron chi connectivity index (χ2n) is 5.17. The first kappa shape index (κ1) is 19.8. The number of hydrogen-bond acceptors (Lipinski definition) is 3. The molecule has 0 amide bonds. The molecule has 0 aliphatic rings. The van der Waals surface area contributed by atoms with Crippen molar-refractivity contribution in [2.24, 2.45) is 0 Å². The number of halogens is 1. The van der Waals surface area contributed by atoms with E-state index in [1.54, 1.807) is 11.8 Å². The summed E-state index contributed by atoms with van der Waals surface area (Å²) in [5.74, 6) is 0.763. The van der Waals surface area contributed by atoms with E-state index in [0.717, 1.165) is 44.3 Å². The molecule has 0 bridgehead atoms. The maximum atomic E-state index is 13.1. The van der Waals surface area contributed by atoms with Gasteiger partial charge in [-0.25, -0.2) is 4.39 Å². The van der Waals surface area contributed by atoms with Gasteiger partial charge < -0.3 is 4.74 Å². The number of unbranched alkanes of at least 4 members (excludes halogenated alkanes) is 2. The monoisotopic (exact) mass is 306 g/mol. The summed E-state index contributed by atoms with van der Waals surface area (Å²) in [4.78, 5) is 12.0. The normalized spacial score (nSPS) is 14.0. The van der Waals surface area contributed by atoms with Crippen LogP contribution in [0.4, 0.5) is 4.39 Å². The molecule has 0 saturated heterocycles. The lowest BCUT2D eigenvalue weighted by Gasteiger charge is -2.15. The summed E-state index contributed by atoms with van der Waals surface area (Å²) in [6, 6.07) is 0. The Kier molecular flexibility index (Phi) is 13.5. The molecule has 0 spiro atoms. The van der Waals surface area contributed by atoms with Crippen LogP contribution in [0.5, 0.6) is 0 Å². The van der Waals surface area contributed by atoms with Gasteiger partial charge in [-0.05, 0) is 37.9 Å². The summed E-state index contributed by atoms with van der Waals surface area (Å²) in [7, 11) is 0. The van der Waals surface area contributed by atoms with Crippen LogP contribution in [0.3, 0.4) is 0 Å². The first-order valence-electron chi connectivity index (χ1n) is 8.07.